The Hall–Kier alpha value is -2.69. The molecule has 11 heteroatoms. The van der Waals surface area contributed by atoms with Crippen molar-refractivity contribution in [2.75, 3.05) is 19.0 Å². The lowest BCUT2D eigenvalue weighted by Crippen LogP contribution is -2.45. The second-order valence-corrected chi connectivity index (χ2v) is 8.92. The molecule has 2 aromatic rings. The molecule has 0 fully saturated rings. The van der Waals surface area contributed by atoms with Gasteiger partial charge >= 0.3 is 5.97 Å². The van der Waals surface area contributed by atoms with Crippen molar-refractivity contribution in [3.8, 4) is 5.75 Å². The van der Waals surface area contributed by atoms with Crippen molar-refractivity contribution < 1.29 is 31.9 Å². The molecule has 0 aliphatic rings. The van der Waals surface area contributed by atoms with Crippen LogP contribution in [0.4, 0.5) is 10.1 Å². The number of sulfonamides is 1. The molecule has 2 N–H and O–H groups in total. The number of ether oxygens (including phenoxy) is 2. The van der Waals surface area contributed by atoms with E-state index in [4.69, 9.17) is 21.1 Å². The molecule has 0 bridgehead atoms. The number of methoxy groups -OCH3 is 1. The summed E-state index contributed by atoms with van der Waals surface area (Å²) in [7, 11) is -2.58. The summed E-state index contributed by atoms with van der Waals surface area (Å²) < 4.78 is 50.7. The van der Waals surface area contributed by atoms with Crippen molar-refractivity contribution in [2.24, 2.45) is 5.92 Å². The number of anilines is 1. The van der Waals surface area contributed by atoms with E-state index in [0.717, 1.165) is 6.07 Å². The maximum atomic E-state index is 13.2. The molecular weight excluding hydrogens is 451 g/mol. The number of hydrogen-bond acceptors (Lipinski definition) is 6. The number of rotatable bonds is 9. The van der Waals surface area contributed by atoms with E-state index in [9.17, 15) is 22.4 Å². The largest absolute Gasteiger partial charge is 0.497 e. The molecule has 168 valence electrons. The van der Waals surface area contributed by atoms with E-state index in [-0.39, 0.29) is 15.6 Å². The van der Waals surface area contributed by atoms with Gasteiger partial charge in [-0.05, 0) is 48.4 Å². The molecule has 0 aromatic heterocycles. The Morgan fingerprint density at radius 2 is 1.77 bits per heavy atom. The third kappa shape index (κ3) is 6.91. The SMILES string of the molecule is COc1ccc(S(=O)(=O)N[C@H](C(=O)OCC(=O)Nc2ccc(F)c(Cl)c2)C(C)C)cc1. The lowest BCUT2D eigenvalue weighted by molar-refractivity contribution is -0.150. The van der Waals surface area contributed by atoms with E-state index in [1.54, 1.807) is 13.8 Å². The van der Waals surface area contributed by atoms with Gasteiger partial charge in [-0.25, -0.2) is 12.8 Å². The predicted molar refractivity (Wildman–Crippen MR) is 113 cm³/mol. The van der Waals surface area contributed by atoms with Crippen LogP contribution in [0, 0.1) is 11.7 Å². The number of benzene rings is 2. The summed E-state index contributed by atoms with van der Waals surface area (Å²) in [4.78, 5) is 24.4. The highest BCUT2D eigenvalue weighted by Gasteiger charge is 2.30. The zero-order chi connectivity index (χ0) is 23.2. The van der Waals surface area contributed by atoms with Crippen LogP contribution in [0.5, 0.6) is 5.75 Å². The monoisotopic (exact) mass is 472 g/mol. The second kappa shape index (κ2) is 10.6. The van der Waals surface area contributed by atoms with Gasteiger partial charge in [0.05, 0.1) is 17.0 Å². The fraction of sp³-hybridized carbons (Fsp3) is 0.300. The third-order valence-corrected chi connectivity index (χ3v) is 5.87. The van der Waals surface area contributed by atoms with Crippen molar-refractivity contribution in [3.63, 3.8) is 0 Å². The van der Waals surface area contributed by atoms with Gasteiger partial charge in [-0.1, -0.05) is 25.4 Å². The average molecular weight is 473 g/mol. The first kappa shape index (κ1) is 24.6. The lowest BCUT2D eigenvalue weighted by Gasteiger charge is -2.20. The minimum absolute atomic E-state index is 0.0577. The highest BCUT2D eigenvalue weighted by Crippen LogP contribution is 2.19. The smallest absolute Gasteiger partial charge is 0.324 e. The minimum Gasteiger partial charge on any atom is -0.497 e. The molecule has 0 unspecified atom stereocenters. The first-order valence-corrected chi connectivity index (χ1v) is 11.0. The normalized spacial score (nSPS) is 12.3. The van der Waals surface area contributed by atoms with Crippen LogP contribution in [0.15, 0.2) is 47.4 Å². The van der Waals surface area contributed by atoms with Crippen LogP contribution < -0.4 is 14.8 Å². The van der Waals surface area contributed by atoms with Crippen LogP contribution in [0.25, 0.3) is 0 Å². The Kier molecular flexibility index (Phi) is 8.37. The molecule has 1 atom stereocenters. The fourth-order valence-corrected chi connectivity index (χ4v) is 3.96. The molecule has 0 spiro atoms. The van der Waals surface area contributed by atoms with E-state index < -0.39 is 46.3 Å². The molecule has 0 saturated carbocycles. The van der Waals surface area contributed by atoms with Crippen LogP contribution >= 0.6 is 11.6 Å². The number of amides is 1. The van der Waals surface area contributed by atoms with Gasteiger partial charge in [-0.3, -0.25) is 9.59 Å². The maximum absolute atomic E-state index is 13.2. The zero-order valence-corrected chi connectivity index (χ0v) is 18.6. The topological polar surface area (TPSA) is 111 Å². The van der Waals surface area contributed by atoms with E-state index in [0.29, 0.717) is 5.75 Å². The van der Waals surface area contributed by atoms with E-state index in [1.807, 2.05) is 0 Å². The number of nitrogens with one attached hydrogen (secondary N) is 2. The Balaban J connectivity index is 2.00. The molecule has 8 nitrogen and oxygen atoms in total. The summed E-state index contributed by atoms with van der Waals surface area (Å²) in [5.41, 5.74) is 0.216. The molecule has 2 aromatic carbocycles. The predicted octanol–water partition coefficient (Wildman–Crippen LogP) is 2.97. The molecule has 1 amide bonds. The highest BCUT2D eigenvalue weighted by molar-refractivity contribution is 7.89. The molecule has 31 heavy (non-hydrogen) atoms. The van der Waals surface area contributed by atoms with Gasteiger partial charge in [-0.15, -0.1) is 0 Å². The first-order chi connectivity index (χ1) is 14.5. The summed E-state index contributed by atoms with van der Waals surface area (Å²) in [6.45, 7) is 2.59. The van der Waals surface area contributed by atoms with Crippen molar-refractivity contribution in [1.29, 1.82) is 0 Å². The van der Waals surface area contributed by atoms with Crippen LogP contribution in [0.2, 0.25) is 5.02 Å². The fourth-order valence-electron chi connectivity index (χ4n) is 2.44. The molecular formula is C20H22ClFN2O6S. The first-order valence-electron chi connectivity index (χ1n) is 9.11. The zero-order valence-electron chi connectivity index (χ0n) is 17.0. The molecule has 0 saturated heterocycles. The standard InChI is InChI=1S/C20H22ClFN2O6S/c1-12(2)19(24-31(27,28)15-7-5-14(29-3)6-8-15)20(26)30-11-18(25)23-13-4-9-17(22)16(21)10-13/h4-10,12,19,24H,11H2,1-3H3,(H,23,25)/t19-/m0/s1. The third-order valence-electron chi connectivity index (χ3n) is 4.12. The van der Waals surface area contributed by atoms with E-state index in [1.165, 1.54) is 43.5 Å². The Morgan fingerprint density at radius 1 is 1.13 bits per heavy atom. The summed E-state index contributed by atoms with van der Waals surface area (Å²) >= 11 is 5.65. The van der Waals surface area contributed by atoms with Gasteiger partial charge in [0, 0.05) is 5.69 Å². The number of carbonyl (C=O) groups excluding carboxylic acids is 2. The highest BCUT2D eigenvalue weighted by atomic mass is 35.5. The van der Waals surface area contributed by atoms with Crippen LogP contribution in [-0.2, 0) is 24.3 Å². The summed E-state index contributed by atoms with van der Waals surface area (Å²) in [5, 5.41) is 2.22. The Labute approximate surface area is 184 Å². The van der Waals surface area contributed by atoms with Crippen molar-refractivity contribution in [2.45, 2.75) is 24.8 Å². The second-order valence-electron chi connectivity index (χ2n) is 6.80. The van der Waals surface area contributed by atoms with Crippen molar-refractivity contribution >= 4 is 39.2 Å². The molecule has 2 rings (SSSR count). The van der Waals surface area contributed by atoms with Gasteiger partial charge in [0.25, 0.3) is 5.91 Å². The average Bonchev–Trinajstić information content (AvgIpc) is 2.73. The number of halogens is 2. The number of hydrogen-bond donors (Lipinski definition) is 2. The number of carbonyl (C=O) groups is 2. The maximum Gasteiger partial charge on any atom is 0.324 e. The minimum atomic E-state index is -4.03. The van der Waals surface area contributed by atoms with Gasteiger partial charge in [0.2, 0.25) is 10.0 Å². The Morgan fingerprint density at radius 3 is 2.32 bits per heavy atom. The summed E-state index contributed by atoms with van der Waals surface area (Å²) in [6.07, 6.45) is 0. The van der Waals surface area contributed by atoms with Crippen LogP contribution in [0.1, 0.15) is 13.8 Å². The van der Waals surface area contributed by atoms with Gasteiger partial charge in [-0.2, -0.15) is 4.72 Å². The van der Waals surface area contributed by atoms with Gasteiger partial charge in [0.15, 0.2) is 6.61 Å². The lowest BCUT2D eigenvalue weighted by atomic mass is 10.1. The van der Waals surface area contributed by atoms with Crippen LogP contribution in [-0.4, -0.2) is 40.1 Å². The molecule has 0 aliphatic carbocycles. The molecule has 0 aliphatic heterocycles. The van der Waals surface area contributed by atoms with Crippen LogP contribution in [0.3, 0.4) is 0 Å². The van der Waals surface area contributed by atoms with Gasteiger partial charge < -0.3 is 14.8 Å². The molecule has 0 radical (unpaired) electrons. The van der Waals surface area contributed by atoms with E-state index in [2.05, 4.69) is 10.0 Å². The summed E-state index contributed by atoms with van der Waals surface area (Å²) in [5.74, 6) is -2.24. The van der Waals surface area contributed by atoms with Gasteiger partial charge in [0.1, 0.15) is 17.6 Å². The van der Waals surface area contributed by atoms with E-state index >= 15 is 0 Å². The molecule has 0 heterocycles. The van der Waals surface area contributed by atoms with Crippen molar-refractivity contribution in [1.82, 2.24) is 4.72 Å². The Bertz CT molecular complexity index is 1040. The quantitative estimate of drug-likeness (QED) is 0.543. The summed E-state index contributed by atoms with van der Waals surface area (Å²) in [6, 6.07) is 7.98. The number of esters is 1. The van der Waals surface area contributed by atoms with Crippen molar-refractivity contribution in [3.05, 3.63) is 53.3 Å².